The highest BCUT2D eigenvalue weighted by Crippen LogP contribution is 2.31. The largest absolute Gasteiger partial charge is 0.355 e. The molecule has 3 aromatic rings. The van der Waals surface area contributed by atoms with Crippen LogP contribution in [0.4, 0.5) is 11.5 Å². The van der Waals surface area contributed by atoms with E-state index >= 15 is 0 Å². The summed E-state index contributed by atoms with van der Waals surface area (Å²) < 4.78 is 24.4. The van der Waals surface area contributed by atoms with E-state index in [1.807, 2.05) is 24.8 Å². The molecule has 1 aliphatic rings. The molecule has 4 rings (SSSR count). The lowest BCUT2D eigenvalue weighted by molar-refractivity contribution is -0.123. The lowest BCUT2D eigenvalue weighted by Gasteiger charge is -2.34. The van der Waals surface area contributed by atoms with Crippen LogP contribution in [-0.2, 0) is 14.6 Å². The van der Waals surface area contributed by atoms with Crippen LogP contribution in [0, 0.1) is 12.8 Å². The number of sulfone groups is 1. The molecule has 0 saturated carbocycles. The molecule has 40 heavy (non-hydrogen) atoms. The van der Waals surface area contributed by atoms with E-state index in [1.165, 1.54) is 12.3 Å². The Morgan fingerprint density at radius 1 is 1.12 bits per heavy atom. The zero-order valence-electron chi connectivity index (χ0n) is 22.9. The van der Waals surface area contributed by atoms with E-state index in [1.54, 1.807) is 36.7 Å². The van der Waals surface area contributed by atoms with E-state index in [-0.39, 0.29) is 22.8 Å². The summed E-state index contributed by atoms with van der Waals surface area (Å²) in [6.45, 7) is 5.25. The van der Waals surface area contributed by atoms with Gasteiger partial charge in [-0.1, -0.05) is 30.7 Å². The molecule has 0 aliphatic carbocycles. The van der Waals surface area contributed by atoms with Gasteiger partial charge in [0.2, 0.25) is 5.91 Å². The van der Waals surface area contributed by atoms with Gasteiger partial charge in [-0.05, 0) is 67.5 Å². The minimum Gasteiger partial charge on any atom is -0.355 e. The van der Waals surface area contributed by atoms with Crippen molar-refractivity contribution in [2.75, 3.05) is 29.6 Å². The number of rotatable bonds is 9. The predicted molar refractivity (Wildman–Crippen MR) is 156 cm³/mol. The minimum absolute atomic E-state index is 0.0110. The molecule has 0 bridgehead atoms. The highest BCUT2D eigenvalue weighted by Gasteiger charge is 2.26. The average Bonchev–Trinajstić information content (AvgIpc) is 2.91. The molecule has 2 N–H and O–H groups in total. The SMILES string of the molecule is CCC(NC(=O)CC1CCN(c2ncc(S(C)(=O)=O)cc2NC(=O)c2cccc(Cl)c2)CC1)c1cncc(C)c1. The third-order valence-electron chi connectivity index (χ3n) is 7.03. The zero-order valence-corrected chi connectivity index (χ0v) is 24.4. The Balaban J connectivity index is 1.43. The van der Waals surface area contributed by atoms with Gasteiger partial charge in [0.25, 0.3) is 5.91 Å². The molecule has 2 amide bonds. The van der Waals surface area contributed by atoms with Crippen molar-refractivity contribution in [1.29, 1.82) is 0 Å². The number of piperidine rings is 1. The maximum absolute atomic E-state index is 13.0. The number of nitrogens with one attached hydrogen (secondary N) is 2. The van der Waals surface area contributed by atoms with Crippen molar-refractivity contribution in [2.45, 2.75) is 50.5 Å². The number of carbonyl (C=O) groups is 2. The summed E-state index contributed by atoms with van der Waals surface area (Å²) in [6, 6.07) is 9.91. The van der Waals surface area contributed by atoms with E-state index in [0.29, 0.717) is 41.6 Å². The van der Waals surface area contributed by atoms with Crippen LogP contribution in [-0.4, -0.2) is 49.5 Å². The molecule has 3 heterocycles. The number of amides is 2. The standard InChI is InChI=1S/C29H34ClN5O4S/c1-4-25(22-12-19(2)16-31-17-22)33-27(36)13-20-8-10-35(11-9-20)28-26(15-24(18-32-28)40(3,38)39)34-29(37)21-6-5-7-23(30)14-21/h5-7,12,14-18,20,25H,4,8-11,13H2,1-3H3,(H,33,36)(H,34,37). The first-order valence-corrected chi connectivity index (χ1v) is 15.5. The predicted octanol–water partition coefficient (Wildman–Crippen LogP) is 4.97. The second kappa shape index (κ2) is 12.8. The number of nitrogens with zero attached hydrogens (tertiary/aromatic N) is 3. The van der Waals surface area contributed by atoms with Crippen LogP contribution in [0.15, 0.2) is 59.9 Å². The number of benzene rings is 1. The van der Waals surface area contributed by atoms with Crippen molar-refractivity contribution in [2.24, 2.45) is 5.92 Å². The lowest BCUT2D eigenvalue weighted by atomic mass is 9.92. The van der Waals surface area contributed by atoms with E-state index in [0.717, 1.165) is 36.6 Å². The third kappa shape index (κ3) is 7.57. The van der Waals surface area contributed by atoms with Gasteiger partial charge >= 0.3 is 0 Å². The van der Waals surface area contributed by atoms with Crippen LogP contribution in [0.25, 0.3) is 0 Å². The van der Waals surface area contributed by atoms with Gasteiger partial charge in [0.1, 0.15) is 0 Å². The first-order chi connectivity index (χ1) is 19.0. The second-order valence-corrected chi connectivity index (χ2v) is 12.7. The number of hydrogen-bond donors (Lipinski definition) is 2. The highest BCUT2D eigenvalue weighted by molar-refractivity contribution is 7.90. The van der Waals surface area contributed by atoms with Crippen molar-refractivity contribution >= 4 is 44.8 Å². The molecular weight excluding hydrogens is 550 g/mol. The Hall–Kier alpha value is -3.50. The summed E-state index contributed by atoms with van der Waals surface area (Å²) in [4.78, 5) is 36.5. The molecule has 212 valence electrons. The van der Waals surface area contributed by atoms with Gasteiger partial charge in [0.05, 0.1) is 16.6 Å². The van der Waals surface area contributed by atoms with Crippen molar-refractivity contribution in [3.05, 3.63) is 76.7 Å². The highest BCUT2D eigenvalue weighted by atomic mass is 35.5. The lowest BCUT2D eigenvalue weighted by Crippen LogP contribution is -2.37. The van der Waals surface area contributed by atoms with Gasteiger partial charge in [-0.3, -0.25) is 14.6 Å². The monoisotopic (exact) mass is 583 g/mol. The third-order valence-corrected chi connectivity index (χ3v) is 8.35. The van der Waals surface area contributed by atoms with Crippen LogP contribution in [0.3, 0.4) is 0 Å². The molecule has 1 aliphatic heterocycles. The maximum Gasteiger partial charge on any atom is 0.255 e. The smallest absolute Gasteiger partial charge is 0.255 e. The van der Waals surface area contributed by atoms with E-state index in [9.17, 15) is 18.0 Å². The molecule has 1 fully saturated rings. The van der Waals surface area contributed by atoms with Crippen molar-refractivity contribution < 1.29 is 18.0 Å². The van der Waals surface area contributed by atoms with Gasteiger partial charge in [-0.2, -0.15) is 0 Å². The van der Waals surface area contributed by atoms with Crippen LogP contribution in [0.5, 0.6) is 0 Å². The van der Waals surface area contributed by atoms with Crippen molar-refractivity contribution in [3.63, 3.8) is 0 Å². The minimum atomic E-state index is -3.54. The number of aryl methyl sites for hydroxylation is 1. The summed E-state index contributed by atoms with van der Waals surface area (Å²) >= 11 is 6.04. The summed E-state index contributed by atoms with van der Waals surface area (Å²) in [5.74, 6) is 0.279. The van der Waals surface area contributed by atoms with Crippen LogP contribution in [0.2, 0.25) is 5.02 Å². The van der Waals surface area contributed by atoms with Crippen LogP contribution in [0.1, 0.15) is 60.1 Å². The van der Waals surface area contributed by atoms with Gasteiger partial charge < -0.3 is 15.5 Å². The van der Waals surface area contributed by atoms with Gasteiger partial charge in [-0.15, -0.1) is 0 Å². The Kier molecular flexibility index (Phi) is 9.42. The fourth-order valence-corrected chi connectivity index (χ4v) is 5.63. The summed E-state index contributed by atoms with van der Waals surface area (Å²) in [7, 11) is -3.54. The fourth-order valence-electron chi connectivity index (χ4n) is 4.86. The van der Waals surface area contributed by atoms with Crippen LogP contribution < -0.4 is 15.5 Å². The Labute approximate surface area is 240 Å². The summed E-state index contributed by atoms with van der Waals surface area (Å²) in [5, 5.41) is 6.39. The summed E-state index contributed by atoms with van der Waals surface area (Å²) in [5.41, 5.74) is 2.71. The summed E-state index contributed by atoms with van der Waals surface area (Å²) in [6.07, 6.45) is 8.71. The maximum atomic E-state index is 13.0. The van der Waals surface area contributed by atoms with E-state index < -0.39 is 15.7 Å². The molecule has 9 nitrogen and oxygen atoms in total. The molecule has 2 aromatic heterocycles. The molecule has 1 atom stereocenters. The molecule has 11 heteroatoms. The second-order valence-electron chi connectivity index (χ2n) is 10.2. The topological polar surface area (TPSA) is 121 Å². The van der Waals surface area contributed by atoms with Gasteiger partial charge in [-0.25, -0.2) is 13.4 Å². The van der Waals surface area contributed by atoms with E-state index in [4.69, 9.17) is 11.6 Å². The Morgan fingerprint density at radius 2 is 1.88 bits per heavy atom. The Morgan fingerprint density at radius 3 is 2.52 bits per heavy atom. The van der Waals surface area contributed by atoms with Crippen molar-refractivity contribution in [3.8, 4) is 0 Å². The Bertz CT molecular complexity index is 1490. The molecule has 1 saturated heterocycles. The quantitative estimate of drug-likeness (QED) is 0.365. The number of hydrogen-bond acceptors (Lipinski definition) is 7. The number of anilines is 2. The van der Waals surface area contributed by atoms with Gasteiger partial charge in [0.15, 0.2) is 15.7 Å². The molecule has 0 radical (unpaired) electrons. The van der Waals surface area contributed by atoms with Crippen molar-refractivity contribution in [1.82, 2.24) is 15.3 Å². The molecule has 1 aromatic carbocycles. The first kappa shape index (κ1) is 29.5. The average molecular weight is 584 g/mol. The zero-order chi connectivity index (χ0) is 28.9. The number of aromatic nitrogens is 2. The normalized spacial score (nSPS) is 14.9. The van der Waals surface area contributed by atoms with Gasteiger partial charge in [0, 0.05) is 54.9 Å². The molecule has 1 unspecified atom stereocenters. The molecule has 0 spiro atoms. The molecular formula is C29H34ClN5O4S. The number of pyridine rings is 2. The fraction of sp³-hybridized carbons (Fsp3) is 0.379. The number of halogens is 1. The van der Waals surface area contributed by atoms with Crippen LogP contribution >= 0.6 is 11.6 Å². The van der Waals surface area contributed by atoms with E-state index in [2.05, 4.69) is 20.6 Å². The first-order valence-electron chi connectivity index (χ1n) is 13.3. The number of carbonyl (C=O) groups excluding carboxylic acids is 2.